The van der Waals surface area contributed by atoms with Gasteiger partial charge in [0.2, 0.25) is 5.91 Å². The van der Waals surface area contributed by atoms with Gasteiger partial charge >= 0.3 is 5.97 Å². The topological polar surface area (TPSA) is 96.9 Å². The fraction of sp³-hybridized carbons (Fsp3) is 0.500. The molecule has 0 bridgehead atoms. The molecule has 1 aromatic carbocycles. The molecule has 2 heterocycles. The van der Waals surface area contributed by atoms with Crippen LogP contribution in [-0.2, 0) is 20.7 Å². The highest BCUT2D eigenvalue weighted by Gasteiger charge is 2.41. The molecule has 2 aliphatic rings. The number of nitrogens with one attached hydrogen (secondary N) is 2. The highest BCUT2D eigenvalue weighted by atomic mass is 16.6. The number of aliphatic hydroxyl groups is 1. The normalized spacial score (nSPS) is 29.6. The molecule has 1 amide bonds. The molecule has 2 fully saturated rings. The summed E-state index contributed by atoms with van der Waals surface area (Å²) in [7, 11) is 1.61. The number of β-lactam (4-membered cyclic amide) rings is 1. The molecule has 7 heteroatoms. The SMILES string of the molecule is COc1ccc(C[C@H]2NC[C@H](O)[C@H]2OC(=O)C2CC(=O)N2)cc1. The predicted molar refractivity (Wildman–Crippen MR) is 80.9 cm³/mol. The maximum Gasteiger partial charge on any atom is 0.329 e. The number of rotatable bonds is 5. The van der Waals surface area contributed by atoms with Crippen molar-refractivity contribution in [2.45, 2.75) is 37.1 Å². The summed E-state index contributed by atoms with van der Waals surface area (Å²) in [4.78, 5) is 22.8. The number of hydrogen-bond acceptors (Lipinski definition) is 6. The van der Waals surface area contributed by atoms with Crippen molar-refractivity contribution in [1.82, 2.24) is 10.6 Å². The summed E-state index contributed by atoms with van der Waals surface area (Å²) in [6.45, 7) is 0.371. The highest BCUT2D eigenvalue weighted by Crippen LogP contribution is 2.20. The van der Waals surface area contributed by atoms with E-state index in [1.54, 1.807) is 7.11 Å². The molecule has 124 valence electrons. The first-order valence-corrected chi connectivity index (χ1v) is 7.61. The summed E-state index contributed by atoms with van der Waals surface area (Å²) < 4.78 is 10.5. The van der Waals surface area contributed by atoms with Gasteiger partial charge in [-0.2, -0.15) is 0 Å². The van der Waals surface area contributed by atoms with E-state index in [9.17, 15) is 14.7 Å². The third kappa shape index (κ3) is 3.46. The lowest BCUT2D eigenvalue weighted by atomic mass is 10.0. The van der Waals surface area contributed by atoms with Gasteiger partial charge in [0.1, 0.15) is 24.0 Å². The van der Waals surface area contributed by atoms with Crippen LogP contribution < -0.4 is 15.4 Å². The Kier molecular flexibility index (Phi) is 4.49. The Labute approximate surface area is 134 Å². The molecule has 2 saturated heterocycles. The van der Waals surface area contributed by atoms with Gasteiger partial charge < -0.3 is 25.2 Å². The molecule has 3 rings (SSSR count). The molecule has 7 nitrogen and oxygen atoms in total. The lowest BCUT2D eigenvalue weighted by Gasteiger charge is -2.28. The van der Waals surface area contributed by atoms with E-state index in [1.165, 1.54) is 0 Å². The van der Waals surface area contributed by atoms with Gasteiger partial charge in [-0.25, -0.2) is 4.79 Å². The Hall–Kier alpha value is -2.12. The van der Waals surface area contributed by atoms with E-state index in [0.717, 1.165) is 11.3 Å². The van der Waals surface area contributed by atoms with Crippen LogP contribution in [0.15, 0.2) is 24.3 Å². The Balaban J connectivity index is 1.60. The van der Waals surface area contributed by atoms with Gasteiger partial charge in [-0.05, 0) is 24.1 Å². The average Bonchev–Trinajstić information content (AvgIpc) is 2.85. The van der Waals surface area contributed by atoms with Crippen LogP contribution in [0.3, 0.4) is 0 Å². The van der Waals surface area contributed by atoms with E-state index < -0.39 is 24.2 Å². The second-order valence-corrected chi connectivity index (χ2v) is 5.86. The summed E-state index contributed by atoms with van der Waals surface area (Å²) in [5.74, 6) is 0.126. The second-order valence-electron chi connectivity index (χ2n) is 5.86. The summed E-state index contributed by atoms with van der Waals surface area (Å²) in [6.07, 6.45) is -0.603. The monoisotopic (exact) mass is 320 g/mol. The fourth-order valence-corrected chi connectivity index (χ4v) is 2.85. The summed E-state index contributed by atoms with van der Waals surface area (Å²) in [5, 5.41) is 15.7. The molecule has 0 aromatic heterocycles. The van der Waals surface area contributed by atoms with Gasteiger partial charge in [0.15, 0.2) is 0 Å². The van der Waals surface area contributed by atoms with Gasteiger partial charge in [0, 0.05) is 6.54 Å². The van der Waals surface area contributed by atoms with Crippen molar-refractivity contribution in [3.05, 3.63) is 29.8 Å². The number of hydrogen-bond donors (Lipinski definition) is 3. The molecule has 2 aliphatic heterocycles. The summed E-state index contributed by atoms with van der Waals surface area (Å²) in [6, 6.07) is 6.86. The third-order valence-electron chi connectivity index (χ3n) is 4.24. The first kappa shape index (κ1) is 15.8. The van der Waals surface area contributed by atoms with E-state index in [0.29, 0.717) is 13.0 Å². The quantitative estimate of drug-likeness (QED) is 0.494. The summed E-state index contributed by atoms with van der Waals surface area (Å²) in [5.41, 5.74) is 1.05. The zero-order valence-corrected chi connectivity index (χ0v) is 12.8. The van der Waals surface area contributed by atoms with Gasteiger partial charge in [-0.15, -0.1) is 0 Å². The van der Waals surface area contributed by atoms with Crippen LogP contribution >= 0.6 is 0 Å². The van der Waals surface area contributed by atoms with Gasteiger partial charge in [-0.1, -0.05) is 12.1 Å². The molecule has 3 N–H and O–H groups in total. The largest absolute Gasteiger partial charge is 0.497 e. The van der Waals surface area contributed by atoms with Crippen molar-refractivity contribution in [3.8, 4) is 5.75 Å². The fourth-order valence-electron chi connectivity index (χ4n) is 2.85. The lowest BCUT2D eigenvalue weighted by molar-refractivity contribution is -0.162. The smallest absolute Gasteiger partial charge is 0.329 e. The molecule has 4 atom stereocenters. The van der Waals surface area contributed by atoms with Crippen LogP contribution in [0.2, 0.25) is 0 Å². The maximum atomic E-state index is 12.0. The van der Waals surface area contributed by atoms with Gasteiger partial charge in [-0.3, -0.25) is 4.79 Å². The molecule has 0 spiro atoms. The first-order chi connectivity index (χ1) is 11.1. The number of β-amino-alcohol motifs (C(OH)–C–C–N with tert-alkyl or cyclic N) is 1. The minimum atomic E-state index is -0.752. The molecule has 1 aromatic rings. The number of ether oxygens (including phenoxy) is 2. The molecule has 0 radical (unpaired) electrons. The molecular formula is C16H20N2O5. The zero-order chi connectivity index (χ0) is 16.4. The average molecular weight is 320 g/mol. The molecule has 0 aliphatic carbocycles. The van der Waals surface area contributed by atoms with Crippen LogP contribution in [0, 0.1) is 0 Å². The molecule has 23 heavy (non-hydrogen) atoms. The number of carbonyl (C=O) groups excluding carboxylic acids is 2. The predicted octanol–water partition coefficient (Wildman–Crippen LogP) is -0.629. The van der Waals surface area contributed by atoms with E-state index in [1.807, 2.05) is 24.3 Å². The van der Waals surface area contributed by atoms with Crippen LogP contribution in [0.1, 0.15) is 12.0 Å². The zero-order valence-electron chi connectivity index (χ0n) is 12.8. The van der Waals surface area contributed by atoms with E-state index in [-0.39, 0.29) is 18.4 Å². The van der Waals surface area contributed by atoms with Crippen molar-refractivity contribution in [2.75, 3.05) is 13.7 Å². The minimum Gasteiger partial charge on any atom is -0.497 e. The van der Waals surface area contributed by atoms with Crippen molar-refractivity contribution in [2.24, 2.45) is 0 Å². The standard InChI is InChI=1S/C16H20N2O5/c1-22-10-4-2-9(3-5-10)6-11-15(13(19)8-17-11)23-16(21)12-7-14(20)18-12/h2-5,11-13,15,17,19H,6-8H2,1H3,(H,18,20)/t11-,12?,13+,15+/m1/s1. The van der Waals surface area contributed by atoms with Gasteiger partial charge in [0.05, 0.1) is 19.6 Å². The summed E-state index contributed by atoms with van der Waals surface area (Å²) >= 11 is 0. The highest BCUT2D eigenvalue weighted by molar-refractivity contribution is 5.94. The number of esters is 1. The van der Waals surface area contributed by atoms with E-state index in [2.05, 4.69) is 10.6 Å². The van der Waals surface area contributed by atoms with Crippen LogP contribution in [0.4, 0.5) is 0 Å². The van der Waals surface area contributed by atoms with E-state index in [4.69, 9.17) is 9.47 Å². The minimum absolute atomic E-state index is 0.151. The maximum absolute atomic E-state index is 12.0. The van der Waals surface area contributed by atoms with Crippen LogP contribution in [0.5, 0.6) is 5.75 Å². The van der Waals surface area contributed by atoms with Gasteiger partial charge in [0.25, 0.3) is 0 Å². The van der Waals surface area contributed by atoms with Crippen molar-refractivity contribution >= 4 is 11.9 Å². The Bertz CT molecular complexity index is 581. The van der Waals surface area contributed by atoms with Crippen molar-refractivity contribution in [3.63, 3.8) is 0 Å². The van der Waals surface area contributed by atoms with Crippen LogP contribution in [0.25, 0.3) is 0 Å². The van der Waals surface area contributed by atoms with Crippen molar-refractivity contribution in [1.29, 1.82) is 0 Å². The Morgan fingerprint density at radius 1 is 1.35 bits per heavy atom. The number of methoxy groups -OCH3 is 1. The number of aliphatic hydroxyl groups excluding tert-OH is 1. The van der Waals surface area contributed by atoms with E-state index >= 15 is 0 Å². The van der Waals surface area contributed by atoms with Crippen LogP contribution in [-0.4, -0.2) is 54.9 Å². The molecular weight excluding hydrogens is 300 g/mol. The van der Waals surface area contributed by atoms with Crippen molar-refractivity contribution < 1.29 is 24.2 Å². The molecule has 1 unspecified atom stereocenters. The second kappa shape index (κ2) is 6.55. The lowest BCUT2D eigenvalue weighted by Crippen LogP contribution is -2.55. The number of benzene rings is 1. The Morgan fingerprint density at radius 2 is 2.04 bits per heavy atom. The molecule has 0 saturated carbocycles. The Morgan fingerprint density at radius 3 is 2.65 bits per heavy atom. The number of amides is 1. The first-order valence-electron chi connectivity index (χ1n) is 7.61. The number of carbonyl (C=O) groups is 2. The third-order valence-corrected chi connectivity index (χ3v) is 4.24.